The van der Waals surface area contributed by atoms with Crippen molar-refractivity contribution in [3.05, 3.63) is 33.8 Å². The first-order valence-electron chi connectivity index (χ1n) is 7.45. The number of cyclic esters (lactones) is 1. The summed E-state index contributed by atoms with van der Waals surface area (Å²) in [6.45, 7) is 6.10. The van der Waals surface area contributed by atoms with Gasteiger partial charge in [-0.2, -0.15) is 0 Å². The van der Waals surface area contributed by atoms with Crippen LogP contribution in [0.5, 0.6) is 0 Å². The molecule has 24 heavy (non-hydrogen) atoms. The van der Waals surface area contributed by atoms with Crippen LogP contribution in [0.3, 0.4) is 0 Å². The van der Waals surface area contributed by atoms with Crippen molar-refractivity contribution in [1.82, 2.24) is 0 Å². The number of carbonyl (C=O) groups excluding carboxylic acids is 3. The minimum atomic E-state index is -1.99. The van der Waals surface area contributed by atoms with Crippen molar-refractivity contribution in [2.75, 3.05) is 6.61 Å². The third-order valence-electron chi connectivity index (χ3n) is 4.26. The molecular formula is C17H18Cl2O5. The summed E-state index contributed by atoms with van der Waals surface area (Å²) in [6.07, 6.45) is -0.926. The first kappa shape index (κ1) is 18.7. The van der Waals surface area contributed by atoms with Crippen molar-refractivity contribution in [3.8, 4) is 0 Å². The van der Waals surface area contributed by atoms with Gasteiger partial charge in [-0.3, -0.25) is 14.4 Å². The van der Waals surface area contributed by atoms with Gasteiger partial charge in [0.15, 0.2) is 5.78 Å². The van der Waals surface area contributed by atoms with Crippen molar-refractivity contribution < 1.29 is 23.9 Å². The number of hydrogen-bond donors (Lipinski definition) is 0. The Morgan fingerprint density at radius 3 is 2.42 bits per heavy atom. The molecule has 0 radical (unpaired) electrons. The van der Waals surface area contributed by atoms with Crippen LogP contribution >= 0.6 is 23.2 Å². The summed E-state index contributed by atoms with van der Waals surface area (Å²) in [5.41, 5.74) is -2.71. The molecule has 0 bridgehead atoms. The average Bonchev–Trinajstić information content (AvgIpc) is 2.50. The number of hydrogen-bond acceptors (Lipinski definition) is 5. The van der Waals surface area contributed by atoms with Gasteiger partial charge in [-0.1, -0.05) is 29.3 Å². The first-order valence-corrected chi connectivity index (χ1v) is 8.20. The lowest BCUT2D eigenvalue weighted by Crippen LogP contribution is -2.57. The second-order valence-corrected chi connectivity index (χ2v) is 7.19. The lowest BCUT2D eigenvalue weighted by atomic mass is 9.66. The minimum absolute atomic E-state index is 0.0574. The average molecular weight is 373 g/mol. The van der Waals surface area contributed by atoms with E-state index in [1.165, 1.54) is 13.0 Å². The molecule has 0 unspecified atom stereocenters. The van der Waals surface area contributed by atoms with Gasteiger partial charge in [0, 0.05) is 15.6 Å². The second kappa shape index (κ2) is 6.37. The van der Waals surface area contributed by atoms with Gasteiger partial charge >= 0.3 is 11.9 Å². The molecule has 130 valence electrons. The number of carbonyl (C=O) groups is 3. The number of ether oxygens (including phenoxy) is 2. The molecule has 1 saturated heterocycles. The van der Waals surface area contributed by atoms with Crippen LogP contribution in [0.4, 0.5) is 0 Å². The van der Waals surface area contributed by atoms with E-state index in [1.54, 1.807) is 32.9 Å². The van der Waals surface area contributed by atoms with Gasteiger partial charge in [-0.05, 0) is 39.8 Å². The number of rotatable bonds is 3. The molecular weight excluding hydrogens is 355 g/mol. The SMILES string of the molecule is CCOC(=O)[C@@]1(C)C(=O)O[C@H](c2ccc(Cl)cc2Cl)C(C)(C)C1=O. The van der Waals surface area contributed by atoms with Crippen molar-refractivity contribution >= 4 is 40.9 Å². The topological polar surface area (TPSA) is 69.7 Å². The number of halogens is 2. The van der Waals surface area contributed by atoms with Gasteiger partial charge in [-0.15, -0.1) is 0 Å². The van der Waals surface area contributed by atoms with Gasteiger partial charge in [0.2, 0.25) is 5.41 Å². The monoisotopic (exact) mass is 372 g/mol. The first-order chi connectivity index (χ1) is 11.1. The fraction of sp³-hybridized carbons (Fsp3) is 0.471. The van der Waals surface area contributed by atoms with Crippen LogP contribution in [0.1, 0.15) is 39.4 Å². The zero-order valence-electron chi connectivity index (χ0n) is 13.8. The highest BCUT2D eigenvalue weighted by Crippen LogP contribution is 2.49. The predicted molar refractivity (Wildman–Crippen MR) is 88.8 cm³/mol. The highest BCUT2D eigenvalue weighted by Gasteiger charge is 2.63. The Hall–Kier alpha value is -1.59. The Labute approximate surface area is 150 Å². The molecule has 1 aromatic rings. The van der Waals surface area contributed by atoms with E-state index in [9.17, 15) is 14.4 Å². The standard InChI is InChI=1S/C17H18Cl2O5/c1-5-23-14(21)17(4)13(20)16(2,3)12(24-15(17)22)10-7-6-9(18)8-11(10)19/h6-8,12H,5H2,1-4H3/t12-,17+/m1/s1. The highest BCUT2D eigenvalue weighted by molar-refractivity contribution is 6.35. The summed E-state index contributed by atoms with van der Waals surface area (Å²) in [7, 11) is 0. The van der Waals surface area contributed by atoms with Gasteiger partial charge in [0.05, 0.1) is 12.0 Å². The molecule has 1 aromatic carbocycles. The molecule has 0 aromatic heterocycles. The Morgan fingerprint density at radius 1 is 1.25 bits per heavy atom. The van der Waals surface area contributed by atoms with Crippen LogP contribution < -0.4 is 0 Å². The molecule has 7 heteroatoms. The fourth-order valence-corrected chi connectivity index (χ4v) is 3.35. The zero-order chi connectivity index (χ0) is 18.3. The number of Topliss-reactive ketones (excluding diaryl/α,β-unsaturated/α-hetero) is 1. The predicted octanol–water partition coefficient (Wildman–Crippen LogP) is 3.76. The van der Waals surface area contributed by atoms with Crippen molar-refractivity contribution in [3.63, 3.8) is 0 Å². The zero-order valence-corrected chi connectivity index (χ0v) is 15.3. The van der Waals surface area contributed by atoms with E-state index in [0.717, 1.165) is 0 Å². The van der Waals surface area contributed by atoms with E-state index in [-0.39, 0.29) is 11.6 Å². The molecule has 5 nitrogen and oxygen atoms in total. The molecule has 0 spiro atoms. The largest absolute Gasteiger partial charge is 0.465 e. The van der Waals surface area contributed by atoms with E-state index < -0.39 is 34.7 Å². The molecule has 1 heterocycles. The molecule has 1 aliphatic heterocycles. The normalized spacial score (nSPS) is 26.0. The maximum absolute atomic E-state index is 13.0. The van der Waals surface area contributed by atoms with Crippen molar-refractivity contribution in [2.24, 2.45) is 10.8 Å². The minimum Gasteiger partial charge on any atom is -0.465 e. The molecule has 2 rings (SSSR count). The number of esters is 2. The van der Waals surface area contributed by atoms with E-state index in [2.05, 4.69) is 0 Å². The smallest absolute Gasteiger partial charge is 0.331 e. The third-order valence-corrected chi connectivity index (χ3v) is 4.82. The molecule has 1 aliphatic rings. The van der Waals surface area contributed by atoms with E-state index >= 15 is 0 Å². The second-order valence-electron chi connectivity index (χ2n) is 6.35. The van der Waals surface area contributed by atoms with Crippen LogP contribution in [0, 0.1) is 10.8 Å². The maximum Gasteiger partial charge on any atom is 0.331 e. The molecule has 0 amide bonds. The van der Waals surface area contributed by atoms with Crippen molar-refractivity contribution in [2.45, 2.75) is 33.8 Å². The summed E-state index contributed by atoms with van der Waals surface area (Å²) >= 11 is 12.1. The van der Waals surface area contributed by atoms with Gasteiger partial charge in [-0.25, -0.2) is 0 Å². The maximum atomic E-state index is 13.0. The Balaban J connectivity index is 2.50. The summed E-state index contributed by atoms with van der Waals surface area (Å²) in [5, 5.41) is 0.701. The van der Waals surface area contributed by atoms with Gasteiger partial charge in [0.1, 0.15) is 6.10 Å². The fourth-order valence-electron chi connectivity index (χ4n) is 2.85. The quantitative estimate of drug-likeness (QED) is 0.596. The highest BCUT2D eigenvalue weighted by atomic mass is 35.5. The molecule has 0 N–H and O–H groups in total. The number of ketones is 1. The lowest BCUT2D eigenvalue weighted by molar-refractivity contribution is -0.195. The third kappa shape index (κ3) is 2.80. The van der Waals surface area contributed by atoms with Crippen LogP contribution in [0.25, 0.3) is 0 Å². The Morgan fingerprint density at radius 2 is 1.88 bits per heavy atom. The summed E-state index contributed by atoms with van der Waals surface area (Å²) in [4.78, 5) is 37.7. The lowest BCUT2D eigenvalue weighted by Gasteiger charge is -2.43. The van der Waals surface area contributed by atoms with Crippen LogP contribution in [0.2, 0.25) is 10.0 Å². The van der Waals surface area contributed by atoms with Crippen LogP contribution in [-0.2, 0) is 23.9 Å². The molecule has 1 fully saturated rings. The molecule has 0 aliphatic carbocycles. The Bertz CT molecular complexity index is 713. The van der Waals surface area contributed by atoms with Gasteiger partial charge in [0.25, 0.3) is 0 Å². The van der Waals surface area contributed by atoms with E-state index in [4.69, 9.17) is 32.7 Å². The van der Waals surface area contributed by atoms with Crippen LogP contribution in [0.15, 0.2) is 18.2 Å². The molecule has 2 atom stereocenters. The molecule has 0 saturated carbocycles. The summed E-state index contributed by atoms with van der Waals surface area (Å²) in [6, 6.07) is 4.70. The van der Waals surface area contributed by atoms with Gasteiger partial charge < -0.3 is 9.47 Å². The summed E-state index contributed by atoms with van der Waals surface area (Å²) in [5.74, 6) is -2.42. The van der Waals surface area contributed by atoms with E-state index in [1.807, 2.05) is 0 Å². The van der Waals surface area contributed by atoms with Crippen molar-refractivity contribution in [1.29, 1.82) is 0 Å². The summed E-state index contributed by atoms with van der Waals surface area (Å²) < 4.78 is 10.4. The van der Waals surface area contributed by atoms with Crippen LogP contribution in [-0.4, -0.2) is 24.3 Å². The number of benzene rings is 1. The Kier molecular flexibility index (Phi) is 4.98. The van der Waals surface area contributed by atoms with E-state index in [0.29, 0.717) is 10.6 Å².